The quantitative estimate of drug-likeness (QED) is 0.641. The van der Waals surface area contributed by atoms with Crippen LogP contribution in [-0.2, 0) is 4.79 Å². The lowest BCUT2D eigenvalue weighted by molar-refractivity contribution is -0.384. The fourth-order valence-corrected chi connectivity index (χ4v) is 2.02. The Morgan fingerprint density at radius 1 is 1.17 bits per heavy atom. The SMILES string of the molecule is CC(NC(=O)c1cccc([N+](=O)[O-])c1)C(=O)Nc1ccc(Cl)cc1. The van der Waals surface area contributed by atoms with Crippen LogP contribution in [-0.4, -0.2) is 22.8 Å². The molecule has 2 N–H and O–H groups in total. The molecule has 0 aliphatic heterocycles. The van der Waals surface area contributed by atoms with E-state index in [0.717, 1.165) is 6.07 Å². The summed E-state index contributed by atoms with van der Waals surface area (Å²) >= 11 is 5.76. The Bertz CT molecular complexity index is 777. The van der Waals surface area contributed by atoms with Gasteiger partial charge in [0.2, 0.25) is 5.91 Å². The summed E-state index contributed by atoms with van der Waals surface area (Å²) in [7, 11) is 0. The van der Waals surface area contributed by atoms with Crippen molar-refractivity contribution in [3.8, 4) is 0 Å². The van der Waals surface area contributed by atoms with Crippen molar-refractivity contribution in [1.82, 2.24) is 5.32 Å². The molecule has 2 aromatic rings. The number of hydrogen-bond acceptors (Lipinski definition) is 4. The van der Waals surface area contributed by atoms with Crippen LogP contribution in [0.1, 0.15) is 17.3 Å². The molecule has 0 aliphatic carbocycles. The molecule has 8 heteroatoms. The van der Waals surface area contributed by atoms with Crippen LogP contribution in [0.2, 0.25) is 5.02 Å². The molecular weight excluding hydrogens is 334 g/mol. The highest BCUT2D eigenvalue weighted by molar-refractivity contribution is 6.30. The van der Waals surface area contributed by atoms with Crippen molar-refractivity contribution in [1.29, 1.82) is 0 Å². The Balaban J connectivity index is 2.00. The van der Waals surface area contributed by atoms with Gasteiger partial charge in [-0.15, -0.1) is 0 Å². The van der Waals surface area contributed by atoms with E-state index >= 15 is 0 Å². The van der Waals surface area contributed by atoms with E-state index in [4.69, 9.17) is 11.6 Å². The van der Waals surface area contributed by atoms with Crippen LogP contribution in [0.3, 0.4) is 0 Å². The van der Waals surface area contributed by atoms with E-state index in [1.54, 1.807) is 24.3 Å². The highest BCUT2D eigenvalue weighted by Crippen LogP contribution is 2.14. The molecule has 2 rings (SSSR count). The summed E-state index contributed by atoms with van der Waals surface area (Å²) in [6.07, 6.45) is 0. The smallest absolute Gasteiger partial charge is 0.270 e. The van der Waals surface area contributed by atoms with E-state index in [-0.39, 0.29) is 11.3 Å². The number of nitrogens with one attached hydrogen (secondary N) is 2. The molecule has 0 heterocycles. The number of amides is 2. The standard InChI is InChI=1S/C16H14ClN3O4/c1-10(15(21)19-13-7-5-12(17)6-8-13)18-16(22)11-3-2-4-14(9-11)20(23)24/h2-10H,1H3,(H,18,22)(H,19,21). The van der Waals surface area contributed by atoms with Crippen molar-refractivity contribution in [2.45, 2.75) is 13.0 Å². The van der Waals surface area contributed by atoms with Gasteiger partial charge in [0.05, 0.1) is 4.92 Å². The first-order valence-electron chi connectivity index (χ1n) is 6.98. The second-order valence-corrected chi connectivity index (χ2v) is 5.44. The molecule has 7 nitrogen and oxygen atoms in total. The fraction of sp³-hybridized carbons (Fsp3) is 0.125. The topological polar surface area (TPSA) is 101 Å². The second-order valence-electron chi connectivity index (χ2n) is 5.00. The minimum absolute atomic E-state index is 0.107. The van der Waals surface area contributed by atoms with Gasteiger partial charge in [-0.2, -0.15) is 0 Å². The number of nitro groups is 1. The number of nitrogens with zero attached hydrogens (tertiary/aromatic N) is 1. The third kappa shape index (κ3) is 4.53. The summed E-state index contributed by atoms with van der Waals surface area (Å²) in [5.74, 6) is -0.992. The molecule has 124 valence electrons. The number of anilines is 1. The second kappa shape index (κ2) is 7.56. The van der Waals surface area contributed by atoms with Crippen LogP contribution in [0, 0.1) is 10.1 Å². The van der Waals surface area contributed by atoms with Gasteiger partial charge in [-0.1, -0.05) is 17.7 Å². The van der Waals surface area contributed by atoms with Crippen molar-refractivity contribution in [2.75, 3.05) is 5.32 Å². The van der Waals surface area contributed by atoms with Gasteiger partial charge in [-0.3, -0.25) is 19.7 Å². The van der Waals surface area contributed by atoms with E-state index < -0.39 is 22.8 Å². The zero-order chi connectivity index (χ0) is 17.7. The molecule has 24 heavy (non-hydrogen) atoms. The Morgan fingerprint density at radius 3 is 2.46 bits per heavy atom. The normalized spacial score (nSPS) is 11.4. The van der Waals surface area contributed by atoms with Crippen molar-refractivity contribution < 1.29 is 14.5 Å². The van der Waals surface area contributed by atoms with Crippen LogP contribution >= 0.6 is 11.6 Å². The Labute approximate surface area is 142 Å². The maximum atomic E-state index is 12.1. The minimum Gasteiger partial charge on any atom is -0.341 e. The predicted octanol–water partition coefficient (Wildman–Crippen LogP) is 3.01. The molecule has 0 radical (unpaired) electrons. The highest BCUT2D eigenvalue weighted by atomic mass is 35.5. The van der Waals surface area contributed by atoms with E-state index in [1.165, 1.54) is 25.1 Å². The van der Waals surface area contributed by atoms with Crippen LogP contribution in [0.4, 0.5) is 11.4 Å². The number of nitro benzene ring substituents is 1. The van der Waals surface area contributed by atoms with E-state index in [9.17, 15) is 19.7 Å². The lowest BCUT2D eigenvalue weighted by Crippen LogP contribution is -2.41. The molecular formula is C16H14ClN3O4. The molecule has 1 unspecified atom stereocenters. The number of halogens is 1. The first kappa shape index (κ1) is 17.4. The fourth-order valence-electron chi connectivity index (χ4n) is 1.89. The maximum absolute atomic E-state index is 12.1. The number of non-ortho nitro benzene ring substituents is 1. The summed E-state index contributed by atoms with van der Waals surface area (Å²) in [5, 5.41) is 16.4. The number of hydrogen-bond donors (Lipinski definition) is 2. The molecule has 0 aliphatic rings. The third-order valence-electron chi connectivity index (χ3n) is 3.17. The molecule has 0 fully saturated rings. The van der Waals surface area contributed by atoms with Gasteiger partial charge >= 0.3 is 0 Å². The Kier molecular flexibility index (Phi) is 5.49. The molecule has 2 aromatic carbocycles. The number of carbonyl (C=O) groups excluding carboxylic acids is 2. The average Bonchev–Trinajstić information content (AvgIpc) is 2.56. The molecule has 0 aromatic heterocycles. The summed E-state index contributed by atoms with van der Waals surface area (Å²) in [6.45, 7) is 1.51. The molecule has 0 saturated carbocycles. The zero-order valence-corrected chi connectivity index (χ0v) is 13.4. The van der Waals surface area contributed by atoms with Gasteiger partial charge in [0.15, 0.2) is 0 Å². The average molecular weight is 348 g/mol. The van der Waals surface area contributed by atoms with Gasteiger partial charge < -0.3 is 10.6 Å². The van der Waals surface area contributed by atoms with Crippen LogP contribution in [0.15, 0.2) is 48.5 Å². The minimum atomic E-state index is -0.826. The molecule has 0 spiro atoms. The maximum Gasteiger partial charge on any atom is 0.270 e. The number of benzene rings is 2. The van der Waals surface area contributed by atoms with Gasteiger partial charge in [0.1, 0.15) is 6.04 Å². The van der Waals surface area contributed by atoms with Crippen molar-refractivity contribution in [3.05, 3.63) is 69.2 Å². The number of carbonyl (C=O) groups is 2. The summed E-state index contributed by atoms with van der Waals surface area (Å²) in [6, 6.07) is 11.0. The van der Waals surface area contributed by atoms with Crippen LogP contribution in [0.25, 0.3) is 0 Å². The summed E-state index contributed by atoms with van der Waals surface area (Å²) in [5.41, 5.74) is 0.456. The van der Waals surface area contributed by atoms with E-state index in [2.05, 4.69) is 10.6 Å². The van der Waals surface area contributed by atoms with Gasteiger partial charge in [0.25, 0.3) is 11.6 Å². The number of rotatable bonds is 5. The van der Waals surface area contributed by atoms with Crippen molar-refractivity contribution in [3.63, 3.8) is 0 Å². The molecule has 1 atom stereocenters. The monoisotopic (exact) mass is 347 g/mol. The predicted molar refractivity (Wildman–Crippen MR) is 90.1 cm³/mol. The van der Waals surface area contributed by atoms with Gasteiger partial charge in [0, 0.05) is 28.4 Å². The first-order valence-corrected chi connectivity index (χ1v) is 7.36. The Hall–Kier alpha value is -2.93. The Morgan fingerprint density at radius 2 is 1.83 bits per heavy atom. The van der Waals surface area contributed by atoms with Gasteiger partial charge in [-0.05, 0) is 37.3 Å². The lowest BCUT2D eigenvalue weighted by Gasteiger charge is -2.14. The van der Waals surface area contributed by atoms with E-state index in [0.29, 0.717) is 10.7 Å². The lowest BCUT2D eigenvalue weighted by atomic mass is 10.1. The first-order chi connectivity index (χ1) is 11.4. The van der Waals surface area contributed by atoms with E-state index in [1.807, 2.05) is 0 Å². The largest absolute Gasteiger partial charge is 0.341 e. The molecule has 0 saturated heterocycles. The molecule has 2 amide bonds. The van der Waals surface area contributed by atoms with Crippen molar-refractivity contribution >= 4 is 34.8 Å². The van der Waals surface area contributed by atoms with Gasteiger partial charge in [-0.25, -0.2) is 0 Å². The van der Waals surface area contributed by atoms with Crippen LogP contribution in [0.5, 0.6) is 0 Å². The third-order valence-corrected chi connectivity index (χ3v) is 3.42. The van der Waals surface area contributed by atoms with Crippen LogP contribution < -0.4 is 10.6 Å². The van der Waals surface area contributed by atoms with Crippen molar-refractivity contribution in [2.24, 2.45) is 0 Å². The highest BCUT2D eigenvalue weighted by Gasteiger charge is 2.18. The zero-order valence-electron chi connectivity index (χ0n) is 12.7. The summed E-state index contributed by atoms with van der Waals surface area (Å²) in [4.78, 5) is 34.3. The molecule has 0 bridgehead atoms. The summed E-state index contributed by atoms with van der Waals surface area (Å²) < 4.78 is 0.